The number of nitrogens with zero attached hydrogens (tertiary/aromatic N) is 3. The highest BCUT2D eigenvalue weighted by molar-refractivity contribution is 6.13. The van der Waals surface area contributed by atoms with Crippen molar-refractivity contribution in [1.82, 2.24) is 14.4 Å². The molecule has 7 nitrogen and oxygen atoms in total. The zero-order valence-electron chi connectivity index (χ0n) is 9.99. The lowest BCUT2D eigenvalue weighted by molar-refractivity contribution is 0.0605. The minimum atomic E-state index is -0.568. The molecule has 19 heavy (non-hydrogen) atoms. The second-order valence-electron chi connectivity index (χ2n) is 3.92. The number of esters is 1. The molecule has 0 spiro atoms. The number of nitrogens with two attached hydrogens (primary N) is 1. The summed E-state index contributed by atoms with van der Waals surface area (Å²) in [6.45, 7) is 0. The summed E-state index contributed by atoms with van der Waals surface area (Å²) >= 11 is 0. The van der Waals surface area contributed by atoms with Crippen LogP contribution in [0.15, 0.2) is 24.5 Å². The molecule has 0 radical (unpaired) electrons. The Morgan fingerprint density at radius 1 is 1.37 bits per heavy atom. The molecule has 3 heterocycles. The summed E-state index contributed by atoms with van der Waals surface area (Å²) in [6, 6.07) is 3.02. The number of methoxy groups -OCH3 is 1. The minimum absolute atomic E-state index is 0.0616. The highest BCUT2D eigenvalue weighted by Gasteiger charge is 2.23. The molecule has 3 aromatic rings. The van der Waals surface area contributed by atoms with Gasteiger partial charge in [0.05, 0.1) is 23.6 Å². The van der Waals surface area contributed by atoms with E-state index in [2.05, 4.69) is 9.97 Å². The lowest BCUT2D eigenvalue weighted by atomic mass is 10.2. The molecule has 0 unspecified atom stereocenters. The molecule has 3 rings (SSSR count). The average molecular weight is 258 g/mol. The van der Waals surface area contributed by atoms with E-state index in [9.17, 15) is 9.90 Å². The van der Waals surface area contributed by atoms with Crippen LogP contribution in [0.5, 0.6) is 5.75 Å². The second-order valence-corrected chi connectivity index (χ2v) is 3.92. The van der Waals surface area contributed by atoms with Gasteiger partial charge in [-0.2, -0.15) is 0 Å². The lowest BCUT2D eigenvalue weighted by Crippen LogP contribution is -2.03. The van der Waals surface area contributed by atoms with Crippen LogP contribution in [0, 0.1) is 0 Å². The van der Waals surface area contributed by atoms with Crippen LogP contribution in [0.1, 0.15) is 10.4 Å². The van der Waals surface area contributed by atoms with E-state index in [0.29, 0.717) is 16.6 Å². The van der Waals surface area contributed by atoms with Crippen LogP contribution in [0.25, 0.3) is 16.6 Å². The first-order chi connectivity index (χ1) is 9.15. The summed E-state index contributed by atoms with van der Waals surface area (Å²) < 4.78 is 6.25. The highest BCUT2D eigenvalue weighted by Crippen LogP contribution is 2.33. The first-order valence-electron chi connectivity index (χ1n) is 5.46. The fourth-order valence-electron chi connectivity index (χ4n) is 2.14. The molecule has 0 atom stereocenters. The van der Waals surface area contributed by atoms with Crippen molar-refractivity contribution in [3.05, 3.63) is 30.1 Å². The fraction of sp³-hybridized carbons (Fsp3) is 0.0833. The number of pyridine rings is 1. The van der Waals surface area contributed by atoms with Gasteiger partial charge < -0.3 is 15.6 Å². The summed E-state index contributed by atoms with van der Waals surface area (Å²) in [5, 5.41) is 10.3. The van der Waals surface area contributed by atoms with Gasteiger partial charge in [0.1, 0.15) is 5.75 Å². The number of ether oxygens (including phenoxy) is 1. The van der Waals surface area contributed by atoms with Gasteiger partial charge in [-0.05, 0) is 12.1 Å². The summed E-state index contributed by atoms with van der Waals surface area (Å²) in [7, 11) is 1.27. The van der Waals surface area contributed by atoms with Crippen LogP contribution in [0.3, 0.4) is 0 Å². The van der Waals surface area contributed by atoms with Gasteiger partial charge in [0.25, 0.3) is 0 Å². The first-order valence-corrected chi connectivity index (χ1v) is 5.46. The van der Waals surface area contributed by atoms with Crippen molar-refractivity contribution in [2.45, 2.75) is 0 Å². The number of anilines is 1. The highest BCUT2D eigenvalue weighted by atomic mass is 16.5. The largest absolute Gasteiger partial charge is 0.507 e. The Labute approximate surface area is 107 Å². The molecule has 0 saturated heterocycles. The van der Waals surface area contributed by atoms with Crippen molar-refractivity contribution in [2.75, 3.05) is 12.8 Å². The minimum Gasteiger partial charge on any atom is -0.507 e. The maximum Gasteiger partial charge on any atom is 0.340 e. The van der Waals surface area contributed by atoms with Gasteiger partial charge in [-0.3, -0.25) is 4.40 Å². The van der Waals surface area contributed by atoms with Gasteiger partial charge in [-0.15, -0.1) is 0 Å². The zero-order chi connectivity index (χ0) is 13.6. The Morgan fingerprint density at radius 3 is 2.84 bits per heavy atom. The lowest BCUT2D eigenvalue weighted by Gasteiger charge is -2.00. The Morgan fingerprint density at radius 2 is 2.11 bits per heavy atom. The summed E-state index contributed by atoms with van der Waals surface area (Å²) in [6.07, 6.45) is 2.91. The Kier molecular flexibility index (Phi) is 2.28. The Hall–Kier alpha value is -2.83. The van der Waals surface area contributed by atoms with Crippen molar-refractivity contribution in [3.63, 3.8) is 0 Å². The standard InChI is InChI=1S/C12H10N4O3/c1-19-11(18)8-6-2-4-15-12(13)16(6)10-9(8)7(17)3-5-14-10/h2-5H,1H3,(H2,13,15)(H,14,17). The molecule has 0 bridgehead atoms. The van der Waals surface area contributed by atoms with Gasteiger partial charge >= 0.3 is 5.97 Å². The number of aromatic hydroxyl groups is 1. The number of nitrogen functional groups attached to an aromatic ring is 1. The molecule has 96 valence electrons. The van der Waals surface area contributed by atoms with E-state index in [1.54, 1.807) is 6.07 Å². The van der Waals surface area contributed by atoms with Gasteiger partial charge in [0, 0.05) is 12.4 Å². The van der Waals surface area contributed by atoms with E-state index in [1.165, 1.54) is 30.0 Å². The molecule has 0 aliphatic heterocycles. The summed E-state index contributed by atoms with van der Waals surface area (Å²) in [4.78, 5) is 20.0. The number of hydrogen-bond acceptors (Lipinski definition) is 6. The van der Waals surface area contributed by atoms with E-state index in [0.717, 1.165) is 0 Å². The fourth-order valence-corrected chi connectivity index (χ4v) is 2.14. The molecule has 0 aliphatic carbocycles. The molecular weight excluding hydrogens is 248 g/mol. The van der Waals surface area contributed by atoms with Crippen molar-refractivity contribution in [3.8, 4) is 5.75 Å². The van der Waals surface area contributed by atoms with Crippen molar-refractivity contribution in [1.29, 1.82) is 0 Å². The third-order valence-corrected chi connectivity index (χ3v) is 2.93. The predicted molar refractivity (Wildman–Crippen MR) is 67.9 cm³/mol. The number of aromatic nitrogens is 3. The SMILES string of the molecule is COC(=O)c1c2c(O)ccnc2n2c(N)nccc12. The number of hydrogen-bond donors (Lipinski definition) is 2. The molecule has 7 heteroatoms. The van der Waals surface area contributed by atoms with Crippen molar-refractivity contribution in [2.24, 2.45) is 0 Å². The Balaban J connectivity index is 2.63. The number of fused-ring (bicyclic) bond motifs is 3. The van der Waals surface area contributed by atoms with Crippen LogP contribution in [0.2, 0.25) is 0 Å². The van der Waals surface area contributed by atoms with E-state index < -0.39 is 5.97 Å². The van der Waals surface area contributed by atoms with Crippen LogP contribution in [-0.4, -0.2) is 32.6 Å². The van der Waals surface area contributed by atoms with Crippen LogP contribution < -0.4 is 5.73 Å². The van der Waals surface area contributed by atoms with Gasteiger partial charge in [-0.25, -0.2) is 14.8 Å². The molecule has 0 aliphatic rings. The zero-order valence-corrected chi connectivity index (χ0v) is 9.99. The Bertz CT molecular complexity index is 809. The summed E-state index contributed by atoms with van der Waals surface area (Å²) in [5.41, 5.74) is 6.88. The van der Waals surface area contributed by atoms with Crippen molar-refractivity contribution >= 4 is 28.5 Å². The third kappa shape index (κ3) is 1.41. The smallest absolute Gasteiger partial charge is 0.340 e. The van der Waals surface area contributed by atoms with Crippen LogP contribution >= 0.6 is 0 Å². The average Bonchev–Trinajstić information content (AvgIpc) is 2.75. The molecule has 0 amide bonds. The van der Waals surface area contributed by atoms with E-state index in [-0.39, 0.29) is 17.3 Å². The maximum atomic E-state index is 11.9. The van der Waals surface area contributed by atoms with Crippen LogP contribution in [0.4, 0.5) is 5.95 Å². The van der Waals surface area contributed by atoms with Gasteiger partial charge in [-0.1, -0.05) is 0 Å². The molecule has 0 saturated carbocycles. The second kappa shape index (κ2) is 3.84. The molecule has 3 N–H and O–H groups in total. The normalized spacial score (nSPS) is 11.0. The molecular formula is C12H10N4O3. The number of carbonyl (C=O) groups is 1. The van der Waals surface area contributed by atoms with Gasteiger partial charge in [0.2, 0.25) is 5.95 Å². The monoisotopic (exact) mass is 258 g/mol. The van der Waals surface area contributed by atoms with E-state index >= 15 is 0 Å². The van der Waals surface area contributed by atoms with E-state index in [4.69, 9.17) is 10.5 Å². The van der Waals surface area contributed by atoms with Gasteiger partial charge in [0.15, 0.2) is 5.65 Å². The van der Waals surface area contributed by atoms with Crippen molar-refractivity contribution < 1.29 is 14.6 Å². The third-order valence-electron chi connectivity index (χ3n) is 2.93. The number of rotatable bonds is 1. The quantitative estimate of drug-likeness (QED) is 0.630. The predicted octanol–water partition coefficient (Wildman–Crippen LogP) is 0.957. The van der Waals surface area contributed by atoms with E-state index in [1.807, 2.05) is 0 Å². The number of carbonyl (C=O) groups excluding carboxylic acids is 1. The summed E-state index contributed by atoms with van der Waals surface area (Å²) in [5.74, 6) is -0.453. The molecule has 0 fully saturated rings. The molecule has 3 aromatic heterocycles. The first kappa shape index (κ1) is 11.3. The molecule has 0 aromatic carbocycles. The van der Waals surface area contributed by atoms with Crippen LogP contribution in [-0.2, 0) is 4.74 Å². The topological polar surface area (TPSA) is 103 Å². The maximum absolute atomic E-state index is 11.9.